The van der Waals surface area contributed by atoms with Crippen molar-refractivity contribution in [2.45, 2.75) is 32.2 Å². The highest BCUT2D eigenvalue weighted by molar-refractivity contribution is 5.97. The lowest BCUT2D eigenvalue weighted by Crippen LogP contribution is -2.46. The minimum atomic E-state index is -0.468. The standard InChI is InChI=1S/C17H22N2O4/c1-2-23-15(20)10-11-18-16(21)14-9-6-12-19(14)17(22)13-7-4-3-5-8-13/h3-5,7-8,14H,2,6,9-12H2,1H3,(H,18,21). The lowest BCUT2D eigenvalue weighted by molar-refractivity contribution is -0.143. The number of hydrogen-bond acceptors (Lipinski definition) is 4. The van der Waals surface area contributed by atoms with Gasteiger partial charge in [0.25, 0.3) is 5.91 Å². The number of carbonyl (C=O) groups is 3. The summed E-state index contributed by atoms with van der Waals surface area (Å²) >= 11 is 0. The number of ether oxygens (including phenoxy) is 1. The summed E-state index contributed by atoms with van der Waals surface area (Å²) < 4.78 is 4.81. The first kappa shape index (κ1) is 17.0. The van der Waals surface area contributed by atoms with Crippen molar-refractivity contribution in [3.05, 3.63) is 35.9 Å². The summed E-state index contributed by atoms with van der Waals surface area (Å²) in [6.07, 6.45) is 1.58. The maximum absolute atomic E-state index is 12.5. The van der Waals surface area contributed by atoms with E-state index in [2.05, 4.69) is 5.32 Å². The number of esters is 1. The van der Waals surface area contributed by atoms with Crippen LogP contribution in [0.1, 0.15) is 36.5 Å². The lowest BCUT2D eigenvalue weighted by Gasteiger charge is -2.24. The smallest absolute Gasteiger partial charge is 0.307 e. The zero-order valence-electron chi connectivity index (χ0n) is 13.3. The number of rotatable bonds is 6. The molecule has 1 unspecified atom stereocenters. The quantitative estimate of drug-likeness (QED) is 0.804. The van der Waals surface area contributed by atoms with E-state index in [-0.39, 0.29) is 30.7 Å². The van der Waals surface area contributed by atoms with Gasteiger partial charge >= 0.3 is 5.97 Å². The van der Waals surface area contributed by atoms with Crippen LogP contribution in [0.15, 0.2) is 30.3 Å². The topological polar surface area (TPSA) is 75.7 Å². The van der Waals surface area contributed by atoms with E-state index < -0.39 is 6.04 Å². The van der Waals surface area contributed by atoms with Gasteiger partial charge < -0.3 is 15.0 Å². The van der Waals surface area contributed by atoms with Gasteiger partial charge in [-0.25, -0.2) is 0 Å². The van der Waals surface area contributed by atoms with Gasteiger partial charge in [0.1, 0.15) is 6.04 Å². The predicted octanol–water partition coefficient (Wildman–Crippen LogP) is 1.36. The van der Waals surface area contributed by atoms with Crippen molar-refractivity contribution >= 4 is 17.8 Å². The molecular weight excluding hydrogens is 296 g/mol. The van der Waals surface area contributed by atoms with E-state index >= 15 is 0 Å². The van der Waals surface area contributed by atoms with Gasteiger partial charge in [-0.1, -0.05) is 18.2 Å². The SMILES string of the molecule is CCOC(=O)CCNC(=O)C1CCCN1C(=O)c1ccccc1. The molecule has 0 radical (unpaired) electrons. The Morgan fingerprint density at radius 3 is 2.70 bits per heavy atom. The second-order valence-electron chi connectivity index (χ2n) is 5.37. The van der Waals surface area contributed by atoms with E-state index in [1.54, 1.807) is 36.1 Å². The molecule has 2 amide bonds. The molecule has 1 aromatic carbocycles. The highest BCUT2D eigenvalue weighted by Gasteiger charge is 2.34. The van der Waals surface area contributed by atoms with Crippen LogP contribution in [-0.4, -0.2) is 48.4 Å². The molecule has 0 aliphatic carbocycles. The summed E-state index contributed by atoms with van der Waals surface area (Å²) in [5, 5.41) is 2.72. The molecule has 0 aromatic heterocycles. The molecular formula is C17H22N2O4. The van der Waals surface area contributed by atoms with Gasteiger partial charge in [0.15, 0.2) is 0 Å². The third-order valence-corrected chi connectivity index (χ3v) is 3.77. The monoisotopic (exact) mass is 318 g/mol. The molecule has 124 valence electrons. The molecule has 6 heteroatoms. The first-order valence-corrected chi connectivity index (χ1v) is 7.93. The molecule has 0 saturated carbocycles. The van der Waals surface area contributed by atoms with Crippen molar-refractivity contribution < 1.29 is 19.1 Å². The Morgan fingerprint density at radius 2 is 2.00 bits per heavy atom. The molecule has 6 nitrogen and oxygen atoms in total. The first-order chi connectivity index (χ1) is 11.1. The third-order valence-electron chi connectivity index (χ3n) is 3.77. The van der Waals surface area contributed by atoms with E-state index in [9.17, 15) is 14.4 Å². The minimum absolute atomic E-state index is 0.131. The second kappa shape index (κ2) is 8.31. The summed E-state index contributed by atoms with van der Waals surface area (Å²) in [4.78, 5) is 37.6. The normalized spacial score (nSPS) is 16.9. The Balaban J connectivity index is 1.89. The van der Waals surface area contributed by atoms with Crippen LogP contribution in [0.2, 0.25) is 0 Å². The van der Waals surface area contributed by atoms with Gasteiger partial charge in [-0.05, 0) is 31.9 Å². The molecule has 1 N–H and O–H groups in total. The van der Waals surface area contributed by atoms with Gasteiger partial charge in [0.2, 0.25) is 5.91 Å². The molecule has 1 heterocycles. The van der Waals surface area contributed by atoms with E-state index in [0.29, 0.717) is 25.1 Å². The van der Waals surface area contributed by atoms with Crippen LogP contribution in [0.5, 0.6) is 0 Å². The van der Waals surface area contributed by atoms with Crippen molar-refractivity contribution in [3.63, 3.8) is 0 Å². The highest BCUT2D eigenvalue weighted by Crippen LogP contribution is 2.20. The number of likely N-dealkylation sites (tertiary alicyclic amines) is 1. The van der Waals surface area contributed by atoms with Gasteiger partial charge in [0, 0.05) is 18.7 Å². The van der Waals surface area contributed by atoms with Crippen molar-refractivity contribution in [3.8, 4) is 0 Å². The Kier molecular flexibility index (Phi) is 6.14. The Labute approximate surface area is 135 Å². The van der Waals surface area contributed by atoms with E-state index in [0.717, 1.165) is 6.42 Å². The van der Waals surface area contributed by atoms with Crippen LogP contribution in [-0.2, 0) is 14.3 Å². The Morgan fingerprint density at radius 1 is 1.26 bits per heavy atom. The first-order valence-electron chi connectivity index (χ1n) is 7.93. The van der Waals surface area contributed by atoms with Crippen molar-refractivity contribution in [2.24, 2.45) is 0 Å². The van der Waals surface area contributed by atoms with Crippen LogP contribution in [0.3, 0.4) is 0 Å². The molecule has 1 aromatic rings. The van der Waals surface area contributed by atoms with Gasteiger partial charge in [-0.15, -0.1) is 0 Å². The third kappa shape index (κ3) is 4.55. The summed E-state index contributed by atoms with van der Waals surface area (Å²) in [5.74, 6) is -0.679. The maximum Gasteiger partial charge on any atom is 0.307 e. The summed E-state index contributed by atoms with van der Waals surface area (Å²) in [6.45, 7) is 2.86. The highest BCUT2D eigenvalue weighted by atomic mass is 16.5. The Bertz CT molecular complexity index is 559. The zero-order chi connectivity index (χ0) is 16.7. The molecule has 1 atom stereocenters. The zero-order valence-corrected chi connectivity index (χ0v) is 13.3. The number of nitrogens with one attached hydrogen (secondary N) is 1. The van der Waals surface area contributed by atoms with Gasteiger partial charge in [-0.3, -0.25) is 14.4 Å². The number of hydrogen-bond donors (Lipinski definition) is 1. The predicted molar refractivity (Wildman–Crippen MR) is 84.8 cm³/mol. The average Bonchev–Trinajstić information content (AvgIpc) is 3.05. The van der Waals surface area contributed by atoms with Crippen LogP contribution in [0.4, 0.5) is 0 Å². The number of amides is 2. The molecule has 0 spiro atoms. The van der Waals surface area contributed by atoms with Gasteiger partial charge in [0.05, 0.1) is 13.0 Å². The second-order valence-corrected chi connectivity index (χ2v) is 5.37. The molecule has 23 heavy (non-hydrogen) atoms. The number of benzene rings is 1. The van der Waals surface area contributed by atoms with Crippen molar-refractivity contribution in [1.29, 1.82) is 0 Å². The fourth-order valence-electron chi connectivity index (χ4n) is 2.67. The van der Waals surface area contributed by atoms with Crippen LogP contribution in [0, 0.1) is 0 Å². The van der Waals surface area contributed by atoms with Crippen molar-refractivity contribution in [2.75, 3.05) is 19.7 Å². The van der Waals surface area contributed by atoms with Crippen LogP contribution >= 0.6 is 0 Å². The maximum atomic E-state index is 12.5. The average molecular weight is 318 g/mol. The summed E-state index contributed by atoms with van der Waals surface area (Å²) in [5.41, 5.74) is 0.582. The fraction of sp³-hybridized carbons (Fsp3) is 0.471. The molecule has 1 saturated heterocycles. The summed E-state index contributed by atoms with van der Waals surface area (Å²) in [6, 6.07) is 8.48. The molecule has 1 aliphatic rings. The fourth-order valence-corrected chi connectivity index (χ4v) is 2.67. The molecule has 2 rings (SSSR count). The molecule has 1 aliphatic heterocycles. The molecule has 1 fully saturated rings. The van der Waals surface area contributed by atoms with E-state index in [4.69, 9.17) is 4.74 Å². The van der Waals surface area contributed by atoms with E-state index in [1.165, 1.54) is 0 Å². The van der Waals surface area contributed by atoms with Crippen molar-refractivity contribution in [1.82, 2.24) is 10.2 Å². The number of carbonyl (C=O) groups excluding carboxylic acids is 3. The lowest BCUT2D eigenvalue weighted by atomic mass is 10.1. The summed E-state index contributed by atoms with van der Waals surface area (Å²) in [7, 11) is 0. The van der Waals surface area contributed by atoms with Crippen LogP contribution in [0.25, 0.3) is 0 Å². The minimum Gasteiger partial charge on any atom is -0.466 e. The van der Waals surface area contributed by atoms with Gasteiger partial charge in [-0.2, -0.15) is 0 Å². The van der Waals surface area contributed by atoms with E-state index in [1.807, 2.05) is 6.07 Å². The Hall–Kier alpha value is -2.37. The van der Waals surface area contributed by atoms with Crippen LogP contribution < -0.4 is 5.32 Å². The molecule has 0 bridgehead atoms. The largest absolute Gasteiger partial charge is 0.466 e. The number of nitrogens with zero attached hydrogens (tertiary/aromatic N) is 1.